The van der Waals surface area contributed by atoms with Crippen molar-refractivity contribution in [2.24, 2.45) is 0 Å². The molecule has 0 aliphatic heterocycles. The molecule has 0 heteroatoms. The van der Waals surface area contributed by atoms with E-state index in [0.717, 1.165) is 0 Å². The lowest BCUT2D eigenvalue weighted by Gasteiger charge is -1.99. The Labute approximate surface area is 126 Å². The van der Waals surface area contributed by atoms with Gasteiger partial charge < -0.3 is 0 Å². The summed E-state index contributed by atoms with van der Waals surface area (Å²) in [5, 5.41) is 2.75. The second-order valence-electron chi connectivity index (χ2n) is 5.79. The Hall–Kier alpha value is -2.34. The zero-order valence-corrected chi connectivity index (χ0v) is 12.9. The van der Waals surface area contributed by atoms with Gasteiger partial charge in [-0.15, -0.1) is 0 Å². The summed E-state index contributed by atoms with van der Waals surface area (Å²) in [5.41, 5.74) is 6.76. The summed E-state index contributed by atoms with van der Waals surface area (Å²) in [7, 11) is 0. The van der Waals surface area contributed by atoms with E-state index in [2.05, 4.69) is 87.5 Å². The molecule has 0 radical (unpaired) electrons. The van der Waals surface area contributed by atoms with Gasteiger partial charge in [-0.05, 0) is 42.7 Å². The quantitative estimate of drug-likeness (QED) is 0.372. The van der Waals surface area contributed by atoms with Gasteiger partial charge in [0.15, 0.2) is 0 Å². The zero-order valence-electron chi connectivity index (χ0n) is 12.9. The first-order valence-electron chi connectivity index (χ1n) is 7.38. The zero-order chi connectivity index (χ0) is 14.8. The van der Waals surface area contributed by atoms with E-state index in [1.807, 2.05) is 0 Å². The molecule has 0 aromatic heterocycles. The highest BCUT2D eigenvalue weighted by Gasteiger charge is 2.06. The van der Waals surface area contributed by atoms with Gasteiger partial charge in [0.1, 0.15) is 0 Å². The van der Waals surface area contributed by atoms with Gasteiger partial charge in [-0.25, -0.2) is 0 Å². The molecule has 1 aliphatic rings. The molecule has 0 saturated heterocycles. The molecule has 0 N–H and O–H groups in total. The SMILES string of the molecule is C1=Cc2cccc3cccc1c23.Cc1cc(C)cc(C)c1. The Balaban J connectivity index is 0.000000133. The lowest BCUT2D eigenvalue weighted by molar-refractivity contribution is 1.32. The van der Waals surface area contributed by atoms with Crippen molar-refractivity contribution < 1.29 is 0 Å². The lowest BCUT2D eigenvalue weighted by Crippen LogP contribution is -1.78. The van der Waals surface area contributed by atoms with E-state index in [-0.39, 0.29) is 0 Å². The van der Waals surface area contributed by atoms with Crippen molar-refractivity contribution in [3.8, 4) is 0 Å². The van der Waals surface area contributed by atoms with Gasteiger partial charge in [0.25, 0.3) is 0 Å². The predicted octanol–water partition coefficient (Wildman–Crippen LogP) is 5.94. The Morgan fingerprint density at radius 2 is 1.00 bits per heavy atom. The van der Waals surface area contributed by atoms with Crippen LogP contribution in [-0.4, -0.2) is 0 Å². The summed E-state index contributed by atoms with van der Waals surface area (Å²) in [6.45, 7) is 6.38. The summed E-state index contributed by atoms with van der Waals surface area (Å²) >= 11 is 0. The molecule has 0 unspecified atom stereocenters. The molecule has 0 bridgehead atoms. The molecular formula is C21H20. The van der Waals surface area contributed by atoms with E-state index in [1.165, 1.54) is 38.6 Å². The third-order valence-electron chi connectivity index (χ3n) is 3.78. The van der Waals surface area contributed by atoms with Gasteiger partial charge in [-0.3, -0.25) is 0 Å². The molecular weight excluding hydrogens is 252 g/mol. The molecule has 0 saturated carbocycles. The molecule has 104 valence electrons. The van der Waals surface area contributed by atoms with Gasteiger partial charge in [-0.1, -0.05) is 83.4 Å². The van der Waals surface area contributed by atoms with Crippen LogP contribution >= 0.6 is 0 Å². The summed E-state index contributed by atoms with van der Waals surface area (Å²) in [6.07, 6.45) is 4.36. The minimum Gasteiger partial charge on any atom is -0.0610 e. The Morgan fingerprint density at radius 1 is 0.571 bits per heavy atom. The normalized spacial score (nSPS) is 11.4. The van der Waals surface area contributed by atoms with Crippen molar-refractivity contribution in [3.05, 3.63) is 82.4 Å². The van der Waals surface area contributed by atoms with Crippen LogP contribution in [-0.2, 0) is 0 Å². The van der Waals surface area contributed by atoms with E-state index < -0.39 is 0 Å². The molecule has 0 atom stereocenters. The van der Waals surface area contributed by atoms with Gasteiger partial charge in [-0.2, -0.15) is 0 Å². The van der Waals surface area contributed by atoms with Crippen molar-refractivity contribution in [3.63, 3.8) is 0 Å². The Kier molecular flexibility index (Phi) is 3.62. The van der Waals surface area contributed by atoms with E-state index >= 15 is 0 Å². The Morgan fingerprint density at radius 3 is 1.43 bits per heavy atom. The second kappa shape index (κ2) is 5.57. The molecule has 0 nitrogen and oxygen atoms in total. The number of aryl methyl sites for hydroxylation is 3. The first kappa shape index (κ1) is 13.6. The molecule has 3 aromatic carbocycles. The van der Waals surface area contributed by atoms with Crippen LogP contribution in [0, 0.1) is 20.8 Å². The van der Waals surface area contributed by atoms with Crippen LogP contribution in [0.2, 0.25) is 0 Å². The van der Waals surface area contributed by atoms with Crippen molar-refractivity contribution in [1.82, 2.24) is 0 Å². The van der Waals surface area contributed by atoms with Gasteiger partial charge in [0.05, 0.1) is 0 Å². The monoisotopic (exact) mass is 272 g/mol. The summed E-state index contributed by atoms with van der Waals surface area (Å²) < 4.78 is 0. The average Bonchev–Trinajstić information content (AvgIpc) is 2.84. The van der Waals surface area contributed by atoms with Gasteiger partial charge in [0, 0.05) is 0 Å². The van der Waals surface area contributed by atoms with Crippen LogP contribution in [0.4, 0.5) is 0 Å². The summed E-state index contributed by atoms with van der Waals surface area (Å²) in [5.74, 6) is 0. The Bertz CT molecular complexity index is 731. The number of hydrogen-bond donors (Lipinski definition) is 0. The molecule has 0 heterocycles. The van der Waals surface area contributed by atoms with Crippen LogP contribution < -0.4 is 0 Å². The number of rotatable bonds is 0. The van der Waals surface area contributed by atoms with Crippen LogP contribution in [0.3, 0.4) is 0 Å². The highest BCUT2D eigenvalue weighted by atomic mass is 14.1. The van der Waals surface area contributed by atoms with Gasteiger partial charge >= 0.3 is 0 Å². The van der Waals surface area contributed by atoms with E-state index in [9.17, 15) is 0 Å². The van der Waals surface area contributed by atoms with Crippen LogP contribution in [0.1, 0.15) is 27.8 Å². The maximum Gasteiger partial charge on any atom is -0.00389 e. The van der Waals surface area contributed by atoms with E-state index in [1.54, 1.807) is 0 Å². The summed E-state index contributed by atoms with van der Waals surface area (Å²) in [6, 6.07) is 19.4. The third-order valence-corrected chi connectivity index (χ3v) is 3.78. The highest BCUT2D eigenvalue weighted by Crippen LogP contribution is 2.30. The maximum absolute atomic E-state index is 2.19. The molecule has 0 amide bonds. The fourth-order valence-electron chi connectivity index (χ4n) is 3.06. The van der Waals surface area contributed by atoms with Gasteiger partial charge in [0.2, 0.25) is 0 Å². The first-order chi connectivity index (χ1) is 10.1. The molecule has 0 fully saturated rings. The maximum atomic E-state index is 2.19. The second-order valence-corrected chi connectivity index (χ2v) is 5.79. The van der Waals surface area contributed by atoms with Crippen molar-refractivity contribution >= 4 is 22.9 Å². The number of benzene rings is 3. The fraction of sp³-hybridized carbons (Fsp3) is 0.143. The summed E-state index contributed by atoms with van der Waals surface area (Å²) in [4.78, 5) is 0. The molecule has 1 aliphatic carbocycles. The molecule has 21 heavy (non-hydrogen) atoms. The largest absolute Gasteiger partial charge is 0.0610 e. The molecule has 3 aromatic rings. The van der Waals surface area contributed by atoms with Crippen molar-refractivity contribution in [2.75, 3.05) is 0 Å². The lowest BCUT2D eigenvalue weighted by atomic mass is 10.0. The van der Waals surface area contributed by atoms with E-state index in [0.29, 0.717) is 0 Å². The molecule has 4 rings (SSSR count). The standard InChI is InChI=1S/C12H8.C9H12/c1-3-9-4-2-6-11-8-7-10(5-1)12(9)11;1-7-4-8(2)6-9(3)5-7/h1-8H;4-6H,1-3H3. The first-order valence-corrected chi connectivity index (χ1v) is 7.38. The van der Waals surface area contributed by atoms with Crippen molar-refractivity contribution in [2.45, 2.75) is 20.8 Å². The smallest absolute Gasteiger partial charge is 0.00389 e. The third kappa shape index (κ3) is 2.90. The number of hydrogen-bond acceptors (Lipinski definition) is 0. The topological polar surface area (TPSA) is 0 Å². The highest BCUT2D eigenvalue weighted by molar-refractivity contribution is 6.04. The molecule has 0 spiro atoms. The van der Waals surface area contributed by atoms with Crippen LogP contribution in [0.15, 0.2) is 54.6 Å². The average molecular weight is 272 g/mol. The minimum atomic E-state index is 1.34. The van der Waals surface area contributed by atoms with Crippen LogP contribution in [0.5, 0.6) is 0 Å². The van der Waals surface area contributed by atoms with Crippen LogP contribution in [0.25, 0.3) is 22.9 Å². The minimum absolute atomic E-state index is 1.34. The fourth-order valence-corrected chi connectivity index (χ4v) is 3.06. The van der Waals surface area contributed by atoms with E-state index in [4.69, 9.17) is 0 Å². The predicted molar refractivity (Wildman–Crippen MR) is 93.5 cm³/mol. The van der Waals surface area contributed by atoms with Crippen molar-refractivity contribution in [1.29, 1.82) is 0 Å².